The molecule has 18 heavy (non-hydrogen) atoms. The largest absolute Gasteiger partial charge is 0.329 e. The van der Waals surface area contributed by atoms with Crippen LogP contribution in [0.3, 0.4) is 0 Å². The average molecular weight is 244 g/mol. The van der Waals surface area contributed by atoms with Crippen LogP contribution in [0.1, 0.15) is 30.9 Å². The van der Waals surface area contributed by atoms with E-state index in [0.29, 0.717) is 0 Å². The topological polar surface area (TPSA) is 38.0 Å². The van der Waals surface area contributed by atoms with E-state index in [1.54, 1.807) is 0 Å². The highest BCUT2D eigenvalue weighted by molar-refractivity contribution is 5.32. The number of nitrogens with one attached hydrogen (secondary N) is 1. The predicted octanol–water partition coefficient (Wildman–Crippen LogP) is 2.12. The summed E-state index contributed by atoms with van der Waals surface area (Å²) in [4.78, 5) is 0. The molecule has 1 aromatic carbocycles. The molecule has 3 N–H and O–H groups in total. The van der Waals surface area contributed by atoms with Gasteiger partial charge >= 0.3 is 0 Å². The number of hydrogen-bond acceptors (Lipinski definition) is 2. The SMILES string of the molecule is CC1CC1CNC1(CN)CCc2ccccc2C1. The molecule has 3 rings (SSSR count). The van der Waals surface area contributed by atoms with Crippen LogP contribution in [0.15, 0.2) is 24.3 Å². The van der Waals surface area contributed by atoms with Gasteiger partial charge in [-0.05, 0) is 55.2 Å². The van der Waals surface area contributed by atoms with E-state index in [-0.39, 0.29) is 5.54 Å². The van der Waals surface area contributed by atoms with Crippen molar-refractivity contribution in [3.05, 3.63) is 35.4 Å². The van der Waals surface area contributed by atoms with Gasteiger partial charge in [-0.1, -0.05) is 31.2 Å². The molecule has 1 fully saturated rings. The van der Waals surface area contributed by atoms with E-state index >= 15 is 0 Å². The van der Waals surface area contributed by atoms with Crippen LogP contribution in [-0.2, 0) is 12.8 Å². The molecule has 0 bridgehead atoms. The van der Waals surface area contributed by atoms with Crippen molar-refractivity contribution in [2.24, 2.45) is 17.6 Å². The smallest absolute Gasteiger partial charge is 0.0347 e. The van der Waals surface area contributed by atoms with Gasteiger partial charge in [0.1, 0.15) is 0 Å². The lowest BCUT2D eigenvalue weighted by molar-refractivity contribution is 0.288. The lowest BCUT2D eigenvalue weighted by Crippen LogP contribution is -2.55. The van der Waals surface area contributed by atoms with Crippen LogP contribution >= 0.6 is 0 Å². The van der Waals surface area contributed by atoms with Crippen LogP contribution in [-0.4, -0.2) is 18.6 Å². The summed E-state index contributed by atoms with van der Waals surface area (Å²) in [6, 6.07) is 8.82. The Morgan fingerprint density at radius 1 is 1.33 bits per heavy atom. The zero-order valence-corrected chi connectivity index (χ0v) is 11.3. The zero-order valence-electron chi connectivity index (χ0n) is 11.3. The molecule has 0 amide bonds. The number of nitrogens with two attached hydrogens (primary N) is 1. The van der Waals surface area contributed by atoms with Crippen LogP contribution in [0.25, 0.3) is 0 Å². The molecule has 0 saturated heterocycles. The second-order valence-corrected chi connectivity index (χ2v) is 6.28. The summed E-state index contributed by atoms with van der Waals surface area (Å²) in [6.07, 6.45) is 4.84. The molecule has 0 radical (unpaired) electrons. The maximum absolute atomic E-state index is 6.07. The quantitative estimate of drug-likeness (QED) is 0.851. The van der Waals surface area contributed by atoms with Crippen molar-refractivity contribution < 1.29 is 0 Å². The highest BCUT2D eigenvalue weighted by atomic mass is 15.0. The van der Waals surface area contributed by atoms with Gasteiger partial charge in [-0.3, -0.25) is 0 Å². The lowest BCUT2D eigenvalue weighted by Gasteiger charge is -2.38. The molecule has 3 unspecified atom stereocenters. The second-order valence-electron chi connectivity index (χ2n) is 6.28. The molecule has 1 aromatic rings. The molecule has 0 aromatic heterocycles. The minimum Gasteiger partial charge on any atom is -0.329 e. The Morgan fingerprint density at radius 2 is 2.06 bits per heavy atom. The summed E-state index contributed by atoms with van der Waals surface area (Å²) < 4.78 is 0. The monoisotopic (exact) mass is 244 g/mol. The van der Waals surface area contributed by atoms with Crippen LogP contribution in [0, 0.1) is 11.8 Å². The molecule has 1 saturated carbocycles. The number of hydrogen-bond donors (Lipinski definition) is 2. The van der Waals surface area contributed by atoms with Gasteiger partial charge in [0.15, 0.2) is 0 Å². The van der Waals surface area contributed by atoms with Crippen molar-refractivity contribution in [2.45, 2.75) is 38.1 Å². The number of aryl methyl sites for hydroxylation is 1. The van der Waals surface area contributed by atoms with Crippen molar-refractivity contribution in [3.63, 3.8) is 0 Å². The summed E-state index contributed by atoms with van der Waals surface area (Å²) in [7, 11) is 0. The number of fused-ring (bicyclic) bond motifs is 1. The maximum Gasteiger partial charge on any atom is 0.0347 e. The maximum atomic E-state index is 6.07. The van der Waals surface area contributed by atoms with E-state index < -0.39 is 0 Å². The average Bonchev–Trinajstić information content (AvgIpc) is 3.12. The van der Waals surface area contributed by atoms with Crippen LogP contribution in [0.5, 0.6) is 0 Å². The van der Waals surface area contributed by atoms with Gasteiger partial charge in [-0.15, -0.1) is 0 Å². The van der Waals surface area contributed by atoms with Crippen molar-refractivity contribution in [2.75, 3.05) is 13.1 Å². The first kappa shape index (κ1) is 12.2. The van der Waals surface area contributed by atoms with Gasteiger partial charge in [0.2, 0.25) is 0 Å². The summed E-state index contributed by atoms with van der Waals surface area (Å²) in [6.45, 7) is 4.25. The highest BCUT2D eigenvalue weighted by Crippen LogP contribution is 2.38. The summed E-state index contributed by atoms with van der Waals surface area (Å²) in [5.74, 6) is 1.81. The molecule has 0 aliphatic heterocycles. The molecule has 2 aliphatic rings. The fourth-order valence-corrected chi connectivity index (χ4v) is 3.23. The van der Waals surface area contributed by atoms with Crippen molar-refractivity contribution in [3.8, 4) is 0 Å². The van der Waals surface area contributed by atoms with Gasteiger partial charge in [0.05, 0.1) is 0 Å². The third-order valence-corrected chi connectivity index (χ3v) is 4.93. The Labute approximate surface area is 110 Å². The van der Waals surface area contributed by atoms with E-state index in [4.69, 9.17) is 5.73 Å². The molecule has 0 heterocycles. The van der Waals surface area contributed by atoms with Gasteiger partial charge < -0.3 is 11.1 Å². The Bertz CT molecular complexity index is 429. The van der Waals surface area contributed by atoms with Gasteiger partial charge in [-0.2, -0.15) is 0 Å². The third kappa shape index (κ3) is 2.32. The fraction of sp³-hybridized carbons (Fsp3) is 0.625. The van der Waals surface area contributed by atoms with Crippen molar-refractivity contribution in [1.29, 1.82) is 0 Å². The summed E-state index contributed by atoms with van der Waals surface area (Å²) in [5, 5.41) is 3.79. The minimum atomic E-state index is 0.149. The molecule has 2 heteroatoms. The van der Waals surface area contributed by atoms with Crippen LogP contribution in [0.2, 0.25) is 0 Å². The van der Waals surface area contributed by atoms with Gasteiger partial charge in [0.25, 0.3) is 0 Å². The molecular formula is C16H24N2. The molecule has 0 spiro atoms. The molecule has 2 nitrogen and oxygen atoms in total. The van der Waals surface area contributed by atoms with E-state index in [2.05, 4.69) is 36.5 Å². The summed E-state index contributed by atoms with van der Waals surface area (Å²) in [5.41, 5.74) is 9.23. The van der Waals surface area contributed by atoms with Crippen LogP contribution < -0.4 is 11.1 Å². The highest BCUT2D eigenvalue weighted by Gasteiger charge is 2.37. The lowest BCUT2D eigenvalue weighted by atomic mass is 9.78. The Balaban J connectivity index is 1.69. The van der Waals surface area contributed by atoms with Gasteiger partial charge in [0, 0.05) is 12.1 Å². The first-order chi connectivity index (χ1) is 8.72. The van der Waals surface area contributed by atoms with Gasteiger partial charge in [-0.25, -0.2) is 0 Å². The predicted molar refractivity (Wildman–Crippen MR) is 75.5 cm³/mol. The van der Waals surface area contributed by atoms with E-state index in [0.717, 1.165) is 31.3 Å². The standard InChI is InChI=1S/C16H24N2/c1-12-8-15(12)10-18-16(11-17)7-6-13-4-2-3-5-14(13)9-16/h2-5,12,15,18H,6-11,17H2,1H3. The fourth-order valence-electron chi connectivity index (χ4n) is 3.23. The first-order valence-corrected chi connectivity index (χ1v) is 7.24. The van der Waals surface area contributed by atoms with Crippen molar-refractivity contribution >= 4 is 0 Å². The number of benzene rings is 1. The third-order valence-electron chi connectivity index (χ3n) is 4.93. The van der Waals surface area contributed by atoms with Crippen molar-refractivity contribution in [1.82, 2.24) is 5.32 Å². The van der Waals surface area contributed by atoms with E-state index in [1.807, 2.05) is 0 Å². The second kappa shape index (κ2) is 4.67. The minimum absolute atomic E-state index is 0.149. The molecule has 2 aliphatic carbocycles. The Kier molecular flexibility index (Phi) is 3.16. The molecular weight excluding hydrogens is 220 g/mol. The Hall–Kier alpha value is -0.860. The Morgan fingerprint density at radius 3 is 2.72 bits per heavy atom. The normalized spacial score (nSPS) is 34.1. The van der Waals surface area contributed by atoms with E-state index in [1.165, 1.54) is 30.4 Å². The number of rotatable bonds is 4. The van der Waals surface area contributed by atoms with Crippen LogP contribution in [0.4, 0.5) is 0 Å². The van der Waals surface area contributed by atoms with E-state index in [9.17, 15) is 0 Å². The molecule has 3 atom stereocenters. The zero-order chi connectivity index (χ0) is 12.6. The molecule has 98 valence electrons. The first-order valence-electron chi connectivity index (χ1n) is 7.24. The summed E-state index contributed by atoms with van der Waals surface area (Å²) >= 11 is 0.